The van der Waals surface area contributed by atoms with Crippen LogP contribution in [0.25, 0.3) is 17.4 Å². The lowest BCUT2D eigenvalue weighted by atomic mass is 10.2. The van der Waals surface area contributed by atoms with Gasteiger partial charge in [-0.05, 0) is 42.1 Å². The normalized spacial score (nSPS) is 16.6. The van der Waals surface area contributed by atoms with Crippen LogP contribution in [0.4, 0.5) is 4.79 Å². The number of thiocarbonyl (C=S) groups is 1. The van der Waals surface area contributed by atoms with Gasteiger partial charge in [0, 0.05) is 0 Å². The van der Waals surface area contributed by atoms with E-state index in [0.717, 1.165) is 11.8 Å². The second-order valence-corrected chi connectivity index (χ2v) is 6.39. The van der Waals surface area contributed by atoms with Gasteiger partial charge in [-0.3, -0.25) is 4.79 Å². The van der Waals surface area contributed by atoms with Gasteiger partial charge in [0.25, 0.3) is 5.24 Å². The van der Waals surface area contributed by atoms with Gasteiger partial charge in [-0.25, -0.2) is 0 Å². The van der Waals surface area contributed by atoms with Crippen molar-refractivity contribution in [2.75, 3.05) is 0 Å². The van der Waals surface area contributed by atoms with Crippen LogP contribution in [0.1, 0.15) is 5.76 Å². The van der Waals surface area contributed by atoms with Crippen molar-refractivity contribution in [3.63, 3.8) is 0 Å². The molecule has 3 rings (SSSR count). The van der Waals surface area contributed by atoms with E-state index in [4.69, 9.17) is 39.8 Å². The summed E-state index contributed by atoms with van der Waals surface area (Å²) in [5.41, 5.74) is 0.640. The zero-order valence-electron chi connectivity index (χ0n) is 10.4. The van der Waals surface area contributed by atoms with Crippen molar-refractivity contribution in [1.82, 2.24) is 5.32 Å². The Morgan fingerprint density at radius 1 is 1.19 bits per heavy atom. The Kier molecular flexibility index (Phi) is 4.08. The molecule has 106 valence electrons. The van der Waals surface area contributed by atoms with Gasteiger partial charge in [0.1, 0.15) is 16.5 Å². The molecule has 1 aliphatic rings. The van der Waals surface area contributed by atoms with E-state index < -0.39 is 0 Å². The van der Waals surface area contributed by atoms with Crippen molar-refractivity contribution in [3.8, 4) is 11.3 Å². The molecule has 1 aromatic heterocycles. The second kappa shape index (κ2) is 5.85. The van der Waals surface area contributed by atoms with E-state index >= 15 is 0 Å². The van der Waals surface area contributed by atoms with Gasteiger partial charge in [0.15, 0.2) is 0 Å². The molecule has 1 amide bonds. The lowest BCUT2D eigenvalue weighted by Gasteiger charge is -2.02. The van der Waals surface area contributed by atoms with E-state index in [1.54, 1.807) is 36.4 Å². The fourth-order valence-corrected chi connectivity index (χ4v) is 3.44. The maximum absolute atomic E-state index is 11.2. The Morgan fingerprint density at radius 3 is 2.52 bits per heavy atom. The van der Waals surface area contributed by atoms with Gasteiger partial charge in [-0.1, -0.05) is 41.5 Å². The minimum Gasteiger partial charge on any atom is -0.457 e. The molecular formula is C14H7Cl2NO2S2. The molecule has 2 aromatic rings. The molecular weight excluding hydrogens is 349 g/mol. The number of halogens is 2. The molecule has 1 aromatic carbocycles. The first kappa shape index (κ1) is 14.7. The molecule has 0 saturated carbocycles. The number of hydrogen-bond acceptors (Lipinski definition) is 4. The van der Waals surface area contributed by atoms with E-state index in [1.807, 2.05) is 0 Å². The summed E-state index contributed by atoms with van der Waals surface area (Å²) in [5.74, 6) is 1.13. The largest absolute Gasteiger partial charge is 0.457 e. The maximum Gasteiger partial charge on any atom is 0.289 e. The Labute approximate surface area is 140 Å². The average Bonchev–Trinajstić information content (AvgIpc) is 2.97. The predicted octanol–water partition coefficient (Wildman–Crippen LogP) is 5.38. The van der Waals surface area contributed by atoms with Crippen LogP contribution in [-0.2, 0) is 0 Å². The average molecular weight is 356 g/mol. The fraction of sp³-hybridized carbons (Fsp3) is 0. The SMILES string of the molecule is O=C1NC(=S)/C(=C/c2ccc(-c3c(Cl)cccc3Cl)o2)S1. The molecule has 0 bridgehead atoms. The van der Waals surface area contributed by atoms with Crippen molar-refractivity contribution in [2.24, 2.45) is 0 Å². The number of benzene rings is 1. The molecule has 0 aliphatic carbocycles. The van der Waals surface area contributed by atoms with Crippen molar-refractivity contribution in [3.05, 3.63) is 51.0 Å². The van der Waals surface area contributed by atoms with Crippen molar-refractivity contribution in [2.45, 2.75) is 0 Å². The second-order valence-electron chi connectivity index (χ2n) is 4.15. The van der Waals surface area contributed by atoms with Crippen LogP contribution in [0.2, 0.25) is 10.0 Å². The van der Waals surface area contributed by atoms with Gasteiger partial charge in [0.2, 0.25) is 0 Å². The molecule has 2 heterocycles. The summed E-state index contributed by atoms with van der Waals surface area (Å²) in [6.07, 6.45) is 1.71. The lowest BCUT2D eigenvalue weighted by molar-refractivity contribution is 0.265. The van der Waals surface area contributed by atoms with Crippen LogP contribution < -0.4 is 5.32 Å². The predicted molar refractivity (Wildman–Crippen MR) is 90.9 cm³/mol. The van der Waals surface area contributed by atoms with Crippen LogP contribution in [0.15, 0.2) is 39.7 Å². The first-order valence-corrected chi connectivity index (χ1v) is 7.82. The zero-order valence-corrected chi connectivity index (χ0v) is 13.5. The molecule has 1 aliphatic heterocycles. The summed E-state index contributed by atoms with van der Waals surface area (Å²) in [7, 11) is 0. The molecule has 0 unspecified atom stereocenters. The molecule has 1 saturated heterocycles. The summed E-state index contributed by atoms with van der Waals surface area (Å²) >= 11 is 18.4. The molecule has 0 spiro atoms. The van der Waals surface area contributed by atoms with Crippen LogP contribution in [-0.4, -0.2) is 10.2 Å². The number of hydrogen-bond donors (Lipinski definition) is 1. The minimum absolute atomic E-state index is 0.188. The maximum atomic E-state index is 11.2. The monoisotopic (exact) mass is 355 g/mol. The molecule has 1 N–H and O–H groups in total. The van der Waals surface area contributed by atoms with E-state index in [1.165, 1.54) is 0 Å². The molecule has 3 nitrogen and oxygen atoms in total. The first-order valence-electron chi connectivity index (χ1n) is 5.83. The summed E-state index contributed by atoms with van der Waals surface area (Å²) < 4.78 is 5.72. The Bertz CT molecular complexity index is 763. The topological polar surface area (TPSA) is 42.2 Å². The van der Waals surface area contributed by atoms with Crippen LogP contribution in [0, 0.1) is 0 Å². The highest BCUT2D eigenvalue weighted by Gasteiger charge is 2.22. The van der Waals surface area contributed by atoms with Gasteiger partial charge in [-0.2, -0.15) is 0 Å². The quantitative estimate of drug-likeness (QED) is 0.580. The van der Waals surface area contributed by atoms with Gasteiger partial charge < -0.3 is 9.73 Å². The molecule has 21 heavy (non-hydrogen) atoms. The standard InChI is InChI=1S/C14H7Cl2NO2S2/c15-8-2-1-3-9(16)12(8)10-5-4-7(19-10)6-11-13(20)17-14(18)21-11/h1-6H,(H,17,18,20)/b11-6-. The number of carbonyl (C=O) groups is 1. The Balaban J connectivity index is 1.96. The Morgan fingerprint density at radius 2 is 1.90 bits per heavy atom. The van der Waals surface area contributed by atoms with E-state index in [-0.39, 0.29) is 5.24 Å². The summed E-state index contributed by atoms with van der Waals surface area (Å²) in [6.45, 7) is 0. The van der Waals surface area contributed by atoms with Crippen molar-refractivity contribution >= 4 is 63.5 Å². The van der Waals surface area contributed by atoms with Gasteiger partial charge >= 0.3 is 0 Å². The third-order valence-corrected chi connectivity index (χ3v) is 4.66. The summed E-state index contributed by atoms with van der Waals surface area (Å²) in [5, 5.41) is 3.38. The molecule has 1 fully saturated rings. The first-order chi connectivity index (χ1) is 10.0. The number of nitrogens with one attached hydrogen (secondary N) is 1. The zero-order chi connectivity index (χ0) is 15.0. The number of furan rings is 1. The van der Waals surface area contributed by atoms with E-state index in [0.29, 0.717) is 37.0 Å². The fourth-order valence-electron chi connectivity index (χ4n) is 1.85. The lowest BCUT2D eigenvalue weighted by Crippen LogP contribution is -2.15. The highest BCUT2D eigenvalue weighted by Crippen LogP contribution is 2.36. The van der Waals surface area contributed by atoms with Crippen LogP contribution in [0.3, 0.4) is 0 Å². The number of thioether (sulfide) groups is 1. The van der Waals surface area contributed by atoms with Crippen LogP contribution in [0.5, 0.6) is 0 Å². The van der Waals surface area contributed by atoms with Crippen molar-refractivity contribution < 1.29 is 9.21 Å². The molecule has 7 heteroatoms. The summed E-state index contributed by atoms with van der Waals surface area (Å²) in [6, 6.07) is 8.80. The third kappa shape index (κ3) is 3.01. The highest BCUT2D eigenvalue weighted by molar-refractivity contribution is 8.19. The summed E-state index contributed by atoms with van der Waals surface area (Å²) in [4.78, 5) is 12.3. The third-order valence-electron chi connectivity index (χ3n) is 2.75. The molecule has 0 atom stereocenters. The van der Waals surface area contributed by atoms with Gasteiger partial charge in [0.05, 0.1) is 20.5 Å². The smallest absolute Gasteiger partial charge is 0.289 e. The van der Waals surface area contributed by atoms with Crippen molar-refractivity contribution in [1.29, 1.82) is 0 Å². The number of rotatable bonds is 2. The highest BCUT2D eigenvalue weighted by atomic mass is 35.5. The molecule has 0 radical (unpaired) electrons. The van der Waals surface area contributed by atoms with E-state index in [9.17, 15) is 4.79 Å². The van der Waals surface area contributed by atoms with Crippen LogP contribution >= 0.6 is 47.2 Å². The Hall–Kier alpha value is -1.27. The minimum atomic E-state index is -0.188. The van der Waals surface area contributed by atoms with E-state index in [2.05, 4.69) is 5.32 Å². The number of carbonyl (C=O) groups excluding carboxylic acids is 1. The number of amides is 1. The van der Waals surface area contributed by atoms with Gasteiger partial charge in [-0.15, -0.1) is 0 Å².